The number of amides is 1. The van der Waals surface area contributed by atoms with Crippen LogP contribution in [0.4, 0.5) is 24.9 Å². The number of aryl methyl sites for hydroxylation is 1. The molecule has 0 aromatic carbocycles. The molecule has 4 aromatic heterocycles. The van der Waals surface area contributed by atoms with Crippen LogP contribution in [-0.2, 0) is 25.7 Å². The Kier molecular flexibility index (Phi) is 6.20. The largest absolute Gasteiger partial charge is 0.459 e. The van der Waals surface area contributed by atoms with Crippen molar-refractivity contribution >= 4 is 39.2 Å². The smallest absolute Gasteiger partial charge is 0.451 e. The minimum absolute atomic E-state index is 0.0938. The zero-order valence-corrected chi connectivity index (χ0v) is 21.3. The number of nitrogens with one attached hydrogen (secondary N) is 1. The molecule has 200 valence electrons. The molecule has 38 heavy (non-hydrogen) atoms. The zero-order chi connectivity index (χ0) is 26.4. The number of aromatic nitrogens is 5. The number of anilines is 2. The summed E-state index contributed by atoms with van der Waals surface area (Å²) in [5, 5.41) is 11.1. The van der Waals surface area contributed by atoms with Gasteiger partial charge < -0.3 is 24.1 Å². The molecular formula is C24H25F3N8O2S. The van der Waals surface area contributed by atoms with E-state index in [1.54, 1.807) is 23.5 Å². The molecule has 0 unspecified atom stereocenters. The third kappa shape index (κ3) is 4.57. The lowest BCUT2D eigenvalue weighted by atomic mass is 10.2. The van der Waals surface area contributed by atoms with Crippen molar-refractivity contribution in [2.45, 2.75) is 51.5 Å². The summed E-state index contributed by atoms with van der Waals surface area (Å²) in [6.45, 7) is 3.91. The quantitative estimate of drug-likeness (QED) is 0.389. The van der Waals surface area contributed by atoms with Gasteiger partial charge in [-0.2, -0.15) is 18.2 Å². The van der Waals surface area contributed by atoms with Crippen LogP contribution in [0.15, 0.2) is 28.9 Å². The van der Waals surface area contributed by atoms with E-state index in [0.717, 1.165) is 34.0 Å². The van der Waals surface area contributed by atoms with Crippen molar-refractivity contribution in [2.24, 2.45) is 0 Å². The van der Waals surface area contributed by atoms with E-state index in [1.165, 1.54) is 11.1 Å². The van der Waals surface area contributed by atoms with Crippen LogP contribution in [0, 0.1) is 0 Å². The van der Waals surface area contributed by atoms with Gasteiger partial charge in [-0.25, -0.2) is 4.98 Å². The Bertz CT molecular complexity index is 1470. The van der Waals surface area contributed by atoms with E-state index in [9.17, 15) is 18.0 Å². The van der Waals surface area contributed by atoms with E-state index in [4.69, 9.17) is 14.4 Å². The first kappa shape index (κ1) is 24.6. The minimum atomic E-state index is -4.55. The number of carbonyl (C=O) groups is 1. The lowest BCUT2D eigenvalue weighted by molar-refractivity contribution is -0.147. The predicted octanol–water partition coefficient (Wildman–Crippen LogP) is 3.88. The Balaban J connectivity index is 1.28. The number of furan rings is 1. The van der Waals surface area contributed by atoms with Crippen molar-refractivity contribution in [1.29, 1.82) is 0 Å². The first-order chi connectivity index (χ1) is 18.3. The highest BCUT2D eigenvalue weighted by molar-refractivity contribution is 7.18. The van der Waals surface area contributed by atoms with Gasteiger partial charge in [-0.1, -0.05) is 13.3 Å². The van der Waals surface area contributed by atoms with Gasteiger partial charge in [0, 0.05) is 37.1 Å². The Labute approximate surface area is 219 Å². The molecule has 2 aliphatic rings. The fourth-order valence-corrected chi connectivity index (χ4v) is 6.09. The summed E-state index contributed by atoms with van der Waals surface area (Å²) in [4.78, 5) is 28.2. The zero-order valence-electron chi connectivity index (χ0n) is 20.5. The molecule has 0 aliphatic carbocycles. The van der Waals surface area contributed by atoms with Crippen LogP contribution in [0.25, 0.3) is 10.2 Å². The van der Waals surface area contributed by atoms with E-state index in [1.807, 2.05) is 9.80 Å². The highest BCUT2D eigenvalue weighted by atomic mass is 32.1. The number of carbonyl (C=O) groups excluding carboxylic acids is 1. The van der Waals surface area contributed by atoms with Crippen LogP contribution >= 0.6 is 11.3 Å². The maximum atomic E-state index is 13.3. The lowest BCUT2D eigenvalue weighted by Crippen LogP contribution is -2.38. The molecule has 1 N–H and O–H groups in total. The summed E-state index contributed by atoms with van der Waals surface area (Å²) in [6, 6.07) is 5.28. The van der Waals surface area contributed by atoms with Crippen LogP contribution in [0.5, 0.6) is 0 Å². The van der Waals surface area contributed by atoms with Crippen molar-refractivity contribution < 1.29 is 22.4 Å². The second-order valence-corrected chi connectivity index (χ2v) is 10.5. The maximum absolute atomic E-state index is 13.3. The molecule has 6 rings (SSSR count). The summed E-state index contributed by atoms with van der Waals surface area (Å²) >= 11 is 1.61. The van der Waals surface area contributed by atoms with Gasteiger partial charge in [-0.3, -0.25) is 4.79 Å². The normalized spacial score (nSPS) is 17.8. The Hall–Kier alpha value is -3.68. The molecule has 14 heteroatoms. The van der Waals surface area contributed by atoms with Crippen LogP contribution < -0.4 is 15.1 Å². The van der Waals surface area contributed by atoms with Gasteiger partial charge in [0.15, 0.2) is 11.6 Å². The second kappa shape index (κ2) is 9.57. The average Bonchev–Trinajstić information content (AvgIpc) is 3.68. The van der Waals surface area contributed by atoms with E-state index in [0.29, 0.717) is 31.4 Å². The van der Waals surface area contributed by atoms with Gasteiger partial charge >= 0.3 is 6.18 Å². The number of hydrogen-bond donors (Lipinski definition) is 1. The molecule has 1 saturated heterocycles. The second-order valence-electron chi connectivity index (χ2n) is 9.42. The van der Waals surface area contributed by atoms with Gasteiger partial charge in [-0.15, -0.1) is 21.5 Å². The van der Waals surface area contributed by atoms with Crippen LogP contribution in [0.3, 0.4) is 0 Å². The van der Waals surface area contributed by atoms with Crippen molar-refractivity contribution in [3.05, 3.63) is 46.7 Å². The minimum Gasteiger partial charge on any atom is -0.459 e. The molecule has 4 aromatic rings. The van der Waals surface area contributed by atoms with Crippen LogP contribution in [0.2, 0.25) is 0 Å². The number of fused-ring (bicyclic) bond motifs is 2. The molecule has 0 saturated carbocycles. The summed E-state index contributed by atoms with van der Waals surface area (Å²) in [7, 11) is 0. The van der Waals surface area contributed by atoms with Crippen LogP contribution in [-0.4, -0.2) is 56.3 Å². The van der Waals surface area contributed by atoms with E-state index < -0.39 is 12.0 Å². The highest BCUT2D eigenvalue weighted by Crippen LogP contribution is 2.36. The van der Waals surface area contributed by atoms with Gasteiger partial charge in [-0.05, 0) is 31.0 Å². The third-order valence-corrected chi connectivity index (χ3v) is 7.85. The molecule has 6 heterocycles. The Morgan fingerprint density at radius 1 is 1.21 bits per heavy atom. The van der Waals surface area contributed by atoms with Gasteiger partial charge in [0.05, 0.1) is 18.2 Å². The molecule has 10 nitrogen and oxygen atoms in total. The van der Waals surface area contributed by atoms with Crippen LogP contribution in [0.1, 0.15) is 46.8 Å². The third-order valence-electron chi connectivity index (χ3n) is 6.77. The lowest BCUT2D eigenvalue weighted by Gasteiger charge is -2.30. The first-order valence-corrected chi connectivity index (χ1v) is 13.3. The van der Waals surface area contributed by atoms with Gasteiger partial charge in [0.1, 0.15) is 10.6 Å². The van der Waals surface area contributed by atoms with Crippen molar-refractivity contribution in [2.75, 3.05) is 29.4 Å². The Morgan fingerprint density at radius 2 is 2.08 bits per heavy atom. The van der Waals surface area contributed by atoms with E-state index in [-0.39, 0.29) is 36.6 Å². The molecule has 0 spiro atoms. The molecular weight excluding hydrogens is 521 g/mol. The fourth-order valence-electron chi connectivity index (χ4n) is 4.97. The van der Waals surface area contributed by atoms with Gasteiger partial charge in [0.25, 0.3) is 5.91 Å². The number of rotatable bonds is 6. The van der Waals surface area contributed by atoms with E-state index >= 15 is 0 Å². The highest BCUT2D eigenvalue weighted by Gasteiger charge is 2.40. The fraction of sp³-hybridized carbons (Fsp3) is 0.458. The van der Waals surface area contributed by atoms with Gasteiger partial charge in [0.2, 0.25) is 11.8 Å². The monoisotopic (exact) mass is 546 g/mol. The summed E-state index contributed by atoms with van der Waals surface area (Å²) < 4.78 is 46.3. The average molecular weight is 547 g/mol. The SMILES string of the molecule is CCCc1cc2c(N3CCn4c(nnc4C(F)(F)F)C3)nc(N3CC[C@H](NC(=O)c4ccco4)C3)nc2s1. The van der Waals surface area contributed by atoms with Crippen molar-refractivity contribution in [1.82, 2.24) is 30.0 Å². The summed E-state index contributed by atoms with van der Waals surface area (Å²) in [5.41, 5.74) is 0. The molecule has 0 bridgehead atoms. The number of alkyl halides is 3. The first-order valence-electron chi connectivity index (χ1n) is 12.4. The topological polar surface area (TPSA) is 105 Å². The maximum Gasteiger partial charge on any atom is 0.451 e. The molecule has 1 amide bonds. The predicted molar refractivity (Wildman–Crippen MR) is 134 cm³/mol. The van der Waals surface area contributed by atoms with E-state index in [2.05, 4.69) is 28.5 Å². The van der Waals surface area contributed by atoms with Crippen molar-refractivity contribution in [3.8, 4) is 0 Å². The summed E-state index contributed by atoms with van der Waals surface area (Å²) in [5.74, 6) is 0.489. The molecule has 1 fully saturated rings. The standard InChI is InChI=1S/C24H25F3N8O2S/c1-2-4-15-11-16-19(33-8-9-35-18(13-33)31-32-22(35)24(25,26)27)29-23(30-21(16)38-15)34-7-6-14(12-34)28-20(36)17-5-3-10-37-17/h3,5,10-11,14H,2,4,6-9,12-13H2,1H3,(H,28,36)/t14-/m0/s1. The number of nitrogens with zero attached hydrogens (tertiary/aromatic N) is 7. The number of thiophene rings is 1. The van der Waals surface area contributed by atoms with Crippen molar-refractivity contribution in [3.63, 3.8) is 0 Å². The number of halogens is 3. The molecule has 0 radical (unpaired) electrons. The Morgan fingerprint density at radius 3 is 2.84 bits per heavy atom. The molecule has 1 atom stereocenters. The molecule has 2 aliphatic heterocycles. The number of hydrogen-bond acceptors (Lipinski definition) is 9. The summed E-state index contributed by atoms with van der Waals surface area (Å²) in [6.07, 6.45) is -0.477.